The third kappa shape index (κ3) is 3.09. The van der Waals surface area contributed by atoms with Gasteiger partial charge in [0.05, 0.1) is 13.2 Å². The molecule has 1 aliphatic rings. The summed E-state index contributed by atoms with van der Waals surface area (Å²) in [6.07, 6.45) is 0. The van der Waals surface area contributed by atoms with Gasteiger partial charge in [-0.1, -0.05) is 57.3 Å². The van der Waals surface area contributed by atoms with Crippen molar-refractivity contribution in [3.05, 3.63) is 35.4 Å². The molecule has 1 aromatic carbocycles. The van der Waals surface area contributed by atoms with Crippen LogP contribution >= 0.6 is 12.2 Å². The van der Waals surface area contributed by atoms with E-state index in [1.807, 2.05) is 0 Å². The van der Waals surface area contributed by atoms with Gasteiger partial charge in [-0.2, -0.15) is 0 Å². The highest BCUT2D eigenvalue weighted by molar-refractivity contribution is 7.80. The van der Waals surface area contributed by atoms with Crippen LogP contribution in [0.3, 0.4) is 0 Å². The molecule has 98 valence electrons. The first kappa shape index (κ1) is 13.5. The topological polar surface area (TPSA) is 12.5 Å². The van der Waals surface area contributed by atoms with Crippen LogP contribution in [-0.4, -0.2) is 36.2 Å². The summed E-state index contributed by atoms with van der Waals surface area (Å²) in [6.45, 7) is 10.0. The van der Waals surface area contributed by atoms with E-state index in [9.17, 15) is 0 Å². The van der Waals surface area contributed by atoms with Crippen molar-refractivity contribution >= 4 is 17.2 Å². The average molecular weight is 263 g/mol. The summed E-state index contributed by atoms with van der Waals surface area (Å²) < 4.78 is 5.35. The first-order valence-corrected chi connectivity index (χ1v) is 6.87. The van der Waals surface area contributed by atoms with E-state index in [4.69, 9.17) is 17.0 Å². The SMILES string of the molecule is CC(C)(C)c1ccc(C(=S)N2CCOCC2)cc1. The Bertz CT molecular complexity index is 413. The van der Waals surface area contributed by atoms with Crippen LogP contribution in [0.5, 0.6) is 0 Å². The molecule has 18 heavy (non-hydrogen) atoms. The zero-order valence-electron chi connectivity index (χ0n) is 11.4. The summed E-state index contributed by atoms with van der Waals surface area (Å²) in [6, 6.07) is 8.64. The van der Waals surface area contributed by atoms with Gasteiger partial charge in [-0.05, 0) is 11.0 Å². The van der Waals surface area contributed by atoms with E-state index in [0.717, 1.165) is 36.9 Å². The van der Waals surface area contributed by atoms with Gasteiger partial charge in [0.2, 0.25) is 0 Å². The smallest absolute Gasteiger partial charge is 0.109 e. The molecule has 0 bridgehead atoms. The molecule has 0 aliphatic carbocycles. The van der Waals surface area contributed by atoms with Crippen molar-refractivity contribution in [2.75, 3.05) is 26.3 Å². The van der Waals surface area contributed by atoms with E-state index in [1.54, 1.807) is 0 Å². The summed E-state index contributed by atoms with van der Waals surface area (Å²) in [7, 11) is 0. The molecule has 0 atom stereocenters. The van der Waals surface area contributed by atoms with Gasteiger partial charge >= 0.3 is 0 Å². The van der Waals surface area contributed by atoms with Crippen LogP contribution in [0.25, 0.3) is 0 Å². The molecule has 0 amide bonds. The van der Waals surface area contributed by atoms with Crippen molar-refractivity contribution in [2.45, 2.75) is 26.2 Å². The highest BCUT2D eigenvalue weighted by Gasteiger charge is 2.17. The van der Waals surface area contributed by atoms with Crippen LogP contribution in [0.2, 0.25) is 0 Å². The lowest BCUT2D eigenvalue weighted by atomic mass is 9.87. The first-order valence-electron chi connectivity index (χ1n) is 6.46. The Kier molecular flexibility index (Phi) is 4.03. The van der Waals surface area contributed by atoms with E-state index >= 15 is 0 Å². The van der Waals surface area contributed by atoms with Gasteiger partial charge in [-0.25, -0.2) is 0 Å². The Morgan fingerprint density at radius 3 is 2.17 bits per heavy atom. The Balaban J connectivity index is 2.11. The average Bonchev–Trinajstić information content (AvgIpc) is 2.38. The summed E-state index contributed by atoms with van der Waals surface area (Å²) >= 11 is 5.55. The van der Waals surface area contributed by atoms with Crippen LogP contribution in [0.4, 0.5) is 0 Å². The number of hydrogen-bond donors (Lipinski definition) is 0. The van der Waals surface area contributed by atoms with Crippen LogP contribution in [0.15, 0.2) is 24.3 Å². The fraction of sp³-hybridized carbons (Fsp3) is 0.533. The van der Waals surface area contributed by atoms with Crippen molar-refractivity contribution in [2.24, 2.45) is 0 Å². The number of thiocarbonyl (C=S) groups is 1. The van der Waals surface area contributed by atoms with E-state index in [0.29, 0.717) is 0 Å². The van der Waals surface area contributed by atoms with E-state index in [1.165, 1.54) is 5.56 Å². The fourth-order valence-corrected chi connectivity index (χ4v) is 2.38. The second-order valence-electron chi connectivity index (χ2n) is 5.73. The summed E-state index contributed by atoms with van der Waals surface area (Å²) in [5, 5.41) is 0. The second kappa shape index (κ2) is 5.37. The lowest BCUT2D eigenvalue weighted by Gasteiger charge is -2.29. The monoisotopic (exact) mass is 263 g/mol. The quantitative estimate of drug-likeness (QED) is 0.723. The number of morpholine rings is 1. The normalized spacial score (nSPS) is 16.7. The number of rotatable bonds is 1. The van der Waals surface area contributed by atoms with Crippen LogP contribution in [0.1, 0.15) is 31.9 Å². The van der Waals surface area contributed by atoms with E-state index in [2.05, 4.69) is 49.9 Å². The largest absolute Gasteiger partial charge is 0.378 e. The van der Waals surface area contributed by atoms with Gasteiger partial charge < -0.3 is 9.64 Å². The van der Waals surface area contributed by atoms with Gasteiger partial charge in [0.25, 0.3) is 0 Å². The van der Waals surface area contributed by atoms with Crippen molar-refractivity contribution in [1.29, 1.82) is 0 Å². The molecular weight excluding hydrogens is 242 g/mol. The van der Waals surface area contributed by atoms with Crippen LogP contribution < -0.4 is 0 Å². The Hall–Kier alpha value is -0.930. The minimum absolute atomic E-state index is 0.194. The van der Waals surface area contributed by atoms with Crippen molar-refractivity contribution < 1.29 is 4.74 Å². The molecule has 0 saturated carbocycles. The standard InChI is InChI=1S/C15H21NOS/c1-15(2,3)13-6-4-12(5-7-13)14(18)16-8-10-17-11-9-16/h4-7H,8-11H2,1-3H3. The maximum absolute atomic E-state index is 5.55. The van der Waals surface area contributed by atoms with E-state index in [-0.39, 0.29) is 5.41 Å². The highest BCUT2D eigenvalue weighted by atomic mass is 32.1. The summed E-state index contributed by atoms with van der Waals surface area (Å²) in [4.78, 5) is 3.17. The minimum atomic E-state index is 0.194. The molecular formula is C15H21NOS. The zero-order chi connectivity index (χ0) is 13.2. The van der Waals surface area contributed by atoms with Gasteiger partial charge in [-0.15, -0.1) is 0 Å². The van der Waals surface area contributed by atoms with Crippen LogP contribution in [0, 0.1) is 0 Å². The van der Waals surface area contributed by atoms with Gasteiger partial charge in [0.1, 0.15) is 4.99 Å². The predicted molar refractivity (Wildman–Crippen MR) is 79.2 cm³/mol. The molecule has 2 rings (SSSR count). The van der Waals surface area contributed by atoms with E-state index < -0.39 is 0 Å². The number of hydrogen-bond acceptors (Lipinski definition) is 2. The molecule has 0 N–H and O–H groups in total. The molecule has 1 heterocycles. The molecule has 1 aromatic rings. The van der Waals surface area contributed by atoms with Crippen molar-refractivity contribution in [3.63, 3.8) is 0 Å². The molecule has 0 aromatic heterocycles. The first-order chi connectivity index (χ1) is 8.48. The fourth-order valence-electron chi connectivity index (χ4n) is 2.06. The molecule has 0 unspecified atom stereocenters. The second-order valence-corrected chi connectivity index (χ2v) is 6.12. The lowest BCUT2D eigenvalue weighted by molar-refractivity contribution is 0.0693. The highest BCUT2D eigenvalue weighted by Crippen LogP contribution is 2.22. The number of ether oxygens (including phenoxy) is 1. The van der Waals surface area contributed by atoms with Gasteiger partial charge in [0.15, 0.2) is 0 Å². The Morgan fingerprint density at radius 2 is 1.67 bits per heavy atom. The summed E-state index contributed by atoms with van der Waals surface area (Å²) in [5.41, 5.74) is 2.68. The minimum Gasteiger partial charge on any atom is -0.378 e. The molecule has 1 aliphatic heterocycles. The lowest BCUT2D eigenvalue weighted by Crippen LogP contribution is -2.40. The molecule has 1 saturated heterocycles. The Morgan fingerprint density at radius 1 is 1.11 bits per heavy atom. The maximum atomic E-state index is 5.55. The predicted octanol–water partition coefficient (Wildman–Crippen LogP) is 2.99. The van der Waals surface area contributed by atoms with Gasteiger partial charge in [-0.3, -0.25) is 0 Å². The van der Waals surface area contributed by atoms with Crippen molar-refractivity contribution in [1.82, 2.24) is 4.90 Å². The van der Waals surface area contributed by atoms with Gasteiger partial charge in [0, 0.05) is 18.7 Å². The number of benzene rings is 1. The molecule has 0 spiro atoms. The molecule has 3 heteroatoms. The molecule has 1 fully saturated rings. The van der Waals surface area contributed by atoms with Crippen molar-refractivity contribution in [3.8, 4) is 0 Å². The summed E-state index contributed by atoms with van der Waals surface area (Å²) in [5.74, 6) is 0. The number of nitrogens with zero attached hydrogens (tertiary/aromatic N) is 1. The molecule has 2 nitrogen and oxygen atoms in total. The Labute approximate surface area is 115 Å². The third-order valence-corrected chi connectivity index (χ3v) is 3.79. The zero-order valence-corrected chi connectivity index (χ0v) is 12.2. The van der Waals surface area contributed by atoms with Crippen LogP contribution in [-0.2, 0) is 10.2 Å². The molecule has 0 radical (unpaired) electrons. The third-order valence-electron chi connectivity index (χ3n) is 3.30. The maximum Gasteiger partial charge on any atom is 0.109 e.